The zero-order valence-corrected chi connectivity index (χ0v) is 8.68. The number of piperazine rings is 1. The van der Waals surface area contributed by atoms with Gasteiger partial charge in [0.2, 0.25) is 5.78 Å². The summed E-state index contributed by atoms with van der Waals surface area (Å²) in [5, 5.41) is 2.69. The van der Waals surface area contributed by atoms with Gasteiger partial charge in [-0.15, -0.1) is 0 Å². The van der Waals surface area contributed by atoms with Crippen LogP contribution in [-0.4, -0.2) is 49.0 Å². The van der Waals surface area contributed by atoms with E-state index in [2.05, 4.69) is 5.32 Å². The number of alkyl halides is 5. The molecule has 0 aromatic carbocycles. The minimum atomic E-state index is -4.52. The third kappa shape index (κ3) is 4.29. The van der Waals surface area contributed by atoms with Crippen LogP contribution in [0.5, 0.6) is 0 Å². The molecule has 17 heavy (non-hydrogen) atoms. The molecule has 0 aromatic heterocycles. The Kier molecular flexibility index (Phi) is 4.44. The molecule has 0 aliphatic carbocycles. The lowest BCUT2D eigenvalue weighted by Gasteiger charge is -2.34. The number of rotatable bonds is 3. The quantitative estimate of drug-likeness (QED) is 0.771. The van der Waals surface area contributed by atoms with E-state index >= 15 is 0 Å². The molecule has 1 unspecified atom stereocenters. The zero-order valence-electron chi connectivity index (χ0n) is 8.68. The highest BCUT2D eigenvalue weighted by Gasteiger charge is 2.33. The Bertz CT molecular complexity index is 302. The molecule has 1 fully saturated rings. The van der Waals surface area contributed by atoms with Crippen LogP contribution in [-0.2, 0) is 4.79 Å². The highest BCUT2D eigenvalue weighted by atomic mass is 19.4. The molecule has 1 saturated heterocycles. The SMILES string of the molecule is O=C(C(F)F)C1CNCCN1C=CC(F)(F)F. The maximum absolute atomic E-state index is 12.2. The smallest absolute Gasteiger partial charge is 0.365 e. The molecule has 0 saturated carbocycles. The van der Waals surface area contributed by atoms with Crippen molar-refractivity contribution >= 4 is 5.78 Å². The molecule has 0 amide bonds. The Morgan fingerprint density at radius 1 is 1.41 bits per heavy atom. The molecule has 8 heteroatoms. The lowest BCUT2D eigenvalue weighted by Crippen LogP contribution is -2.54. The van der Waals surface area contributed by atoms with Gasteiger partial charge in [-0.25, -0.2) is 8.78 Å². The monoisotopic (exact) mass is 258 g/mol. The van der Waals surface area contributed by atoms with Gasteiger partial charge in [-0.05, 0) is 0 Å². The Morgan fingerprint density at radius 2 is 2.06 bits per heavy atom. The number of ketones is 1. The van der Waals surface area contributed by atoms with E-state index in [9.17, 15) is 26.7 Å². The van der Waals surface area contributed by atoms with Crippen molar-refractivity contribution in [3.63, 3.8) is 0 Å². The molecule has 0 spiro atoms. The van der Waals surface area contributed by atoms with Crippen molar-refractivity contribution in [2.75, 3.05) is 19.6 Å². The number of halogens is 5. The Labute approximate surface area is 94.3 Å². The Hall–Kier alpha value is -1.18. The Morgan fingerprint density at radius 3 is 2.59 bits per heavy atom. The van der Waals surface area contributed by atoms with E-state index in [1.165, 1.54) is 0 Å². The van der Waals surface area contributed by atoms with Crippen molar-refractivity contribution in [3.05, 3.63) is 12.3 Å². The predicted octanol–water partition coefficient (Wildman–Crippen LogP) is 1.17. The van der Waals surface area contributed by atoms with Crippen molar-refractivity contribution < 1.29 is 26.7 Å². The number of allylic oxidation sites excluding steroid dienone is 1. The van der Waals surface area contributed by atoms with Crippen LogP contribution in [0.15, 0.2) is 12.3 Å². The second kappa shape index (κ2) is 5.44. The summed E-state index contributed by atoms with van der Waals surface area (Å²) in [6.45, 7) is 0.344. The standard InChI is InChI=1S/C9H11F5N2O/c10-8(11)7(17)6-5-15-2-4-16(6)3-1-9(12,13)14/h1,3,6,8,15H,2,4-5H2. The fourth-order valence-electron chi connectivity index (χ4n) is 1.49. The molecule has 1 aliphatic rings. The maximum Gasteiger partial charge on any atom is 0.411 e. The van der Waals surface area contributed by atoms with Gasteiger partial charge in [-0.1, -0.05) is 0 Å². The molecule has 0 bridgehead atoms. The van der Waals surface area contributed by atoms with Gasteiger partial charge in [0.1, 0.15) is 6.04 Å². The minimum Gasteiger partial charge on any atom is -0.365 e. The highest BCUT2D eigenvalue weighted by molar-refractivity contribution is 5.87. The summed E-state index contributed by atoms with van der Waals surface area (Å²) < 4.78 is 60.2. The van der Waals surface area contributed by atoms with E-state index in [0.717, 1.165) is 4.90 Å². The second-order valence-corrected chi connectivity index (χ2v) is 3.52. The van der Waals surface area contributed by atoms with Crippen LogP contribution in [0.25, 0.3) is 0 Å². The maximum atomic E-state index is 12.2. The normalized spacial score (nSPS) is 22.5. The molecule has 0 aromatic rings. The molecule has 0 radical (unpaired) electrons. The van der Waals surface area contributed by atoms with Gasteiger partial charge in [0.25, 0.3) is 6.43 Å². The fourth-order valence-corrected chi connectivity index (χ4v) is 1.49. The molecule has 1 rings (SSSR count). The van der Waals surface area contributed by atoms with Crippen LogP contribution in [0.3, 0.4) is 0 Å². The van der Waals surface area contributed by atoms with Crippen molar-refractivity contribution in [2.24, 2.45) is 0 Å². The first-order chi connectivity index (χ1) is 7.81. The number of nitrogens with zero attached hydrogens (tertiary/aromatic N) is 1. The van der Waals surface area contributed by atoms with E-state index in [1.807, 2.05) is 0 Å². The zero-order chi connectivity index (χ0) is 13.1. The van der Waals surface area contributed by atoms with E-state index < -0.39 is 24.4 Å². The minimum absolute atomic E-state index is 0.0654. The van der Waals surface area contributed by atoms with E-state index in [4.69, 9.17) is 0 Å². The summed E-state index contributed by atoms with van der Waals surface area (Å²) in [6.07, 6.45) is -7.12. The first-order valence-corrected chi connectivity index (χ1v) is 4.85. The fraction of sp³-hybridized carbons (Fsp3) is 0.667. The second-order valence-electron chi connectivity index (χ2n) is 3.52. The largest absolute Gasteiger partial charge is 0.411 e. The topological polar surface area (TPSA) is 32.3 Å². The molecule has 1 N–H and O–H groups in total. The molecule has 98 valence electrons. The van der Waals surface area contributed by atoms with Crippen molar-refractivity contribution in [1.29, 1.82) is 0 Å². The summed E-state index contributed by atoms with van der Waals surface area (Å²) >= 11 is 0. The predicted molar refractivity (Wildman–Crippen MR) is 49.6 cm³/mol. The van der Waals surface area contributed by atoms with Crippen LogP contribution < -0.4 is 5.32 Å². The highest BCUT2D eigenvalue weighted by Crippen LogP contribution is 2.18. The summed E-state index contributed by atoms with van der Waals surface area (Å²) in [6, 6.07) is -1.25. The van der Waals surface area contributed by atoms with Gasteiger partial charge in [-0.3, -0.25) is 4.79 Å². The first kappa shape index (κ1) is 13.9. The molecule has 3 nitrogen and oxygen atoms in total. The van der Waals surface area contributed by atoms with Gasteiger partial charge in [0, 0.05) is 31.9 Å². The third-order valence-electron chi connectivity index (χ3n) is 2.28. The number of hydrogen-bond donors (Lipinski definition) is 1. The number of carbonyl (C=O) groups excluding carboxylic acids is 1. The molecular weight excluding hydrogens is 247 g/mol. The Balaban J connectivity index is 2.73. The van der Waals surface area contributed by atoms with Crippen LogP contribution in [0.2, 0.25) is 0 Å². The number of Topliss-reactive ketones (excluding diaryl/α,β-unsaturated/α-hetero) is 1. The molecular formula is C9H11F5N2O. The van der Waals surface area contributed by atoms with Gasteiger partial charge in [0.05, 0.1) is 0 Å². The lowest BCUT2D eigenvalue weighted by molar-refractivity contribution is -0.134. The van der Waals surface area contributed by atoms with Crippen LogP contribution in [0, 0.1) is 0 Å². The summed E-state index contributed by atoms with van der Waals surface area (Å²) in [5.74, 6) is -1.37. The van der Waals surface area contributed by atoms with Gasteiger partial charge >= 0.3 is 6.18 Å². The van der Waals surface area contributed by atoms with Gasteiger partial charge in [-0.2, -0.15) is 13.2 Å². The first-order valence-electron chi connectivity index (χ1n) is 4.85. The number of nitrogens with one attached hydrogen (secondary N) is 1. The van der Waals surface area contributed by atoms with Crippen molar-refractivity contribution in [2.45, 2.75) is 18.6 Å². The van der Waals surface area contributed by atoms with E-state index in [1.54, 1.807) is 0 Å². The third-order valence-corrected chi connectivity index (χ3v) is 2.28. The molecule has 1 aliphatic heterocycles. The number of carbonyl (C=O) groups is 1. The lowest BCUT2D eigenvalue weighted by atomic mass is 10.1. The van der Waals surface area contributed by atoms with Crippen LogP contribution in [0.4, 0.5) is 22.0 Å². The van der Waals surface area contributed by atoms with Crippen LogP contribution in [0.1, 0.15) is 0 Å². The van der Waals surface area contributed by atoms with E-state index in [0.29, 0.717) is 12.7 Å². The van der Waals surface area contributed by atoms with Crippen LogP contribution >= 0.6 is 0 Å². The number of hydrogen-bond acceptors (Lipinski definition) is 3. The molecule has 1 heterocycles. The van der Waals surface area contributed by atoms with E-state index in [-0.39, 0.29) is 19.2 Å². The van der Waals surface area contributed by atoms with Crippen molar-refractivity contribution in [3.8, 4) is 0 Å². The summed E-state index contributed by atoms with van der Waals surface area (Å²) in [5.41, 5.74) is 0. The molecule has 1 atom stereocenters. The summed E-state index contributed by atoms with van der Waals surface area (Å²) in [4.78, 5) is 12.1. The van der Waals surface area contributed by atoms with Gasteiger partial charge < -0.3 is 10.2 Å². The van der Waals surface area contributed by atoms with Gasteiger partial charge in [0.15, 0.2) is 0 Å². The average molecular weight is 258 g/mol. The average Bonchev–Trinajstić information content (AvgIpc) is 2.24. The summed E-state index contributed by atoms with van der Waals surface area (Å²) in [7, 11) is 0. The van der Waals surface area contributed by atoms with Crippen molar-refractivity contribution in [1.82, 2.24) is 10.2 Å².